The summed E-state index contributed by atoms with van der Waals surface area (Å²) in [6.45, 7) is 1.93. The van der Waals surface area contributed by atoms with E-state index in [0.29, 0.717) is 25.0 Å². The number of nitrogens with one attached hydrogen (secondary N) is 2. The summed E-state index contributed by atoms with van der Waals surface area (Å²) in [6, 6.07) is 6.72. The second-order valence-corrected chi connectivity index (χ2v) is 7.25. The third-order valence-electron chi connectivity index (χ3n) is 5.35. The van der Waals surface area contributed by atoms with Crippen LogP contribution in [0.25, 0.3) is 0 Å². The van der Waals surface area contributed by atoms with Gasteiger partial charge in [0.25, 0.3) is 5.69 Å². The van der Waals surface area contributed by atoms with Crippen molar-refractivity contribution < 1.29 is 9.72 Å². The highest BCUT2D eigenvalue weighted by molar-refractivity contribution is 14.0. The molecule has 1 saturated heterocycles. The van der Waals surface area contributed by atoms with E-state index in [2.05, 4.69) is 15.6 Å². The molecule has 1 atom stereocenters. The summed E-state index contributed by atoms with van der Waals surface area (Å²) >= 11 is 0. The number of halogens is 1. The van der Waals surface area contributed by atoms with Gasteiger partial charge in [-0.1, -0.05) is 25.0 Å². The van der Waals surface area contributed by atoms with Gasteiger partial charge in [-0.15, -0.1) is 24.0 Å². The maximum atomic E-state index is 12.5. The second-order valence-electron chi connectivity index (χ2n) is 7.25. The number of hydrogen-bond donors (Lipinski definition) is 2. The molecule has 1 saturated carbocycles. The maximum Gasteiger partial charge on any atom is 0.269 e. The molecule has 1 unspecified atom stereocenters. The Bertz CT molecular complexity index is 721. The van der Waals surface area contributed by atoms with Crippen molar-refractivity contribution in [2.24, 2.45) is 10.9 Å². The number of carbonyl (C=O) groups is 1. The summed E-state index contributed by atoms with van der Waals surface area (Å²) in [7, 11) is 1.69. The third-order valence-corrected chi connectivity index (χ3v) is 5.35. The summed E-state index contributed by atoms with van der Waals surface area (Å²) < 4.78 is 0. The van der Waals surface area contributed by atoms with Crippen molar-refractivity contribution in [3.8, 4) is 0 Å². The highest BCUT2D eigenvalue weighted by Gasteiger charge is 2.32. The van der Waals surface area contributed by atoms with Crippen LogP contribution in [0.5, 0.6) is 0 Å². The van der Waals surface area contributed by atoms with Gasteiger partial charge in [0.1, 0.15) is 0 Å². The SMILES string of the molecule is CN=C(NCc1cccc([N+](=O)[O-])c1)NC1CCN(C(=O)C2CCCC2)C1.I. The zero-order valence-electron chi connectivity index (χ0n) is 16.1. The minimum Gasteiger partial charge on any atom is -0.352 e. The molecule has 0 spiro atoms. The highest BCUT2D eigenvalue weighted by Crippen LogP contribution is 2.27. The molecule has 8 nitrogen and oxygen atoms in total. The van der Waals surface area contributed by atoms with Crippen molar-refractivity contribution in [2.45, 2.75) is 44.7 Å². The zero-order chi connectivity index (χ0) is 19.2. The number of guanidine groups is 1. The van der Waals surface area contributed by atoms with E-state index < -0.39 is 4.92 Å². The molecule has 1 aromatic carbocycles. The number of non-ortho nitro benzene ring substituents is 1. The summed E-state index contributed by atoms with van der Waals surface area (Å²) in [4.78, 5) is 29.2. The van der Waals surface area contributed by atoms with E-state index in [1.807, 2.05) is 11.0 Å². The van der Waals surface area contributed by atoms with Crippen molar-refractivity contribution in [1.82, 2.24) is 15.5 Å². The van der Waals surface area contributed by atoms with Gasteiger partial charge in [-0.25, -0.2) is 0 Å². The van der Waals surface area contributed by atoms with E-state index in [0.717, 1.165) is 31.4 Å². The normalized spacial score (nSPS) is 20.0. The summed E-state index contributed by atoms with van der Waals surface area (Å²) in [6.07, 6.45) is 5.29. The van der Waals surface area contributed by atoms with E-state index >= 15 is 0 Å². The molecule has 1 amide bonds. The summed E-state index contributed by atoms with van der Waals surface area (Å²) in [5, 5.41) is 17.4. The molecule has 1 aliphatic carbocycles. The van der Waals surface area contributed by atoms with Gasteiger partial charge in [-0.2, -0.15) is 0 Å². The van der Waals surface area contributed by atoms with Crippen molar-refractivity contribution >= 4 is 41.5 Å². The Balaban J connectivity index is 0.00000280. The fraction of sp³-hybridized carbons (Fsp3) is 0.579. The number of aliphatic imine (C=N–C) groups is 1. The minimum atomic E-state index is -0.398. The fourth-order valence-electron chi connectivity index (χ4n) is 3.86. The molecule has 1 aliphatic heterocycles. The highest BCUT2D eigenvalue weighted by atomic mass is 127. The van der Waals surface area contributed by atoms with Crippen LogP contribution in [0.15, 0.2) is 29.3 Å². The molecule has 0 radical (unpaired) electrons. The van der Waals surface area contributed by atoms with Gasteiger partial charge in [0.2, 0.25) is 5.91 Å². The van der Waals surface area contributed by atoms with E-state index in [-0.39, 0.29) is 41.6 Å². The van der Waals surface area contributed by atoms with Crippen LogP contribution in [0.3, 0.4) is 0 Å². The number of rotatable bonds is 5. The second kappa shape index (κ2) is 10.6. The number of amides is 1. The molecular formula is C19H28IN5O3. The van der Waals surface area contributed by atoms with Crippen molar-refractivity contribution in [3.05, 3.63) is 39.9 Å². The van der Waals surface area contributed by atoms with Gasteiger partial charge in [0, 0.05) is 50.8 Å². The Kier molecular flexibility index (Phi) is 8.46. The molecule has 9 heteroatoms. The molecule has 28 heavy (non-hydrogen) atoms. The summed E-state index contributed by atoms with van der Waals surface area (Å²) in [5.41, 5.74) is 0.894. The van der Waals surface area contributed by atoms with Crippen LogP contribution in [0.2, 0.25) is 0 Å². The van der Waals surface area contributed by atoms with Gasteiger partial charge in [-0.05, 0) is 24.8 Å². The first-order chi connectivity index (χ1) is 13.1. The summed E-state index contributed by atoms with van der Waals surface area (Å²) in [5.74, 6) is 1.16. The van der Waals surface area contributed by atoms with Gasteiger partial charge in [0.15, 0.2) is 5.96 Å². The van der Waals surface area contributed by atoms with Crippen LogP contribution in [0.1, 0.15) is 37.7 Å². The number of nitro groups is 1. The average Bonchev–Trinajstić information content (AvgIpc) is 3.37. The predicted octanol–water partition coefficient (Wildman–Crippen LogP) is 2.67. The van der Waals surface area contributed by atoms with E-state index in [9.17, 15) is 14.9 Å². The molecule has 2 aliphatic rings. The third kappa shape index (κ3) is 5.79. The molecule has 3 rings (SSSR count). The number of nitrogens with zero attached hydrogens (tertiary/aromatic N) is 3. The Hall–Kier alpha value is -1.91. The fourth-order valence-corrected chi connectivity index (χ4v) is 3.86. The Labute approximate surface area is 182 Å². The van der Waals surface area contributed by atoms with Crippen molar-refractivity contribution in [2.75, 3.05) is 20.1 Å². The standard InChI is InChI=1S/C19H27N5O3.HI/c1-20-19(21-12-14-5-4-8-17(11-14)24(26)27)22-16-9-10-23(13-16)18(25)15-6-2-3-7-15;/h4-5,8,11,15-16H,2-3,6-7,9-10,12-13H2,1H3,(H2,20,21,22);1H. The van der Waals surface area contributed by atoms with Crippen LogP contribution in [-0.2, 0) is 11.3 Å². The lowest BCUT2D eigenvalue weighted by Gasteiger charge is -2.21. The van der Waals surface area contributed by atoms with Crippen LogP contribution in [-0.4, -0.2) is 47.9 Å². The maximum absolute atomic E-state index is 12.5. The Morgan fingerprint density at radius 3 is 2.75 bits per heavy atom. The molecule has 154 valence electrons. The molecule has 0 aromatic heterocycles. The van der Waals surface area contributed by atoms with E-state index in [4.69, 9.17) is 0 Å². The Morgan fingerprint density at radius 1 is 1.32 bits per heavy atom. The van der Waals surface area contributed by atoms with Gasteiger partial charge < -0.3 is 15.5 Å². The molecule has 1 aromatic rings. The van der Waals surface area contributed by atoms with E-state index in [1.54, 1.807) is 19.2 Å². The topological polar surface area (TPSA) is 99.9 Å². The molecule has 2 N–H and O–H groups in total. The van der Waals surface area contributed by atoms with Crippen molar-refractivity contribution in [1.29, 1.82) is 0 Å². The first-order valence-corrected chi connectivity index (χ1v) is 9.56. The molecule has 2 fully saturated rings. The van der Waals surface area contributed by atoms with Crippen LogP contribution in [0, 0.1) is 16.0 Å². The first-order valence-electron chi connectivity index (χ1n) is 9.56. The number of likely N-dealkylation sites (tertiary alicyclic amines) is 1. The molecular weight excluding hydrogens is 473 g/mol. The van der Waals surface area contributed by atoms with Gasteiger partial charge in [-0.3, -0.25) is 19.9 Å². The Morgan fingerprint density at radius 2 is 2.07 bits per heavy atom. The average molecular weight is 501 g/mol. The van der Waals surface area contributed by atoms with Crippen LogP contribution < -0.4 is 10.6 Å². The lowest BCUT2D eigenvalue weighted by atomic mass is 10.1. The first kappa shape index (κ1) is 22.4. The lowest BCUT2D eigenvalue weighted by molar-refractivity contribution is -0.384. The largest absolute Gasteiger partial charge is 0.352 e. The zero-order valence-corrected chi connectivity index (χ0v) is 18.4. The number of nitro benzene ring substituents is 1. The van der Waals surface area contributed by atoms with Crippen molar-refractivity contribution in [3.63, 3.8) is 0 Å². The minimum absolute atomic E-state index is 0. The monoisotopic (exact) mass is 501 g/mol. The molecule has 1 heterocycles. The van der Waals surface area contributed by atoms with Gasteiger partial charge >= 0.3 is 0 Å². The van der Waals surface area contributed by atoms with Crippen LogP contribution >= 0.6 is 24.0 Å². The number of benzene rings is 1. The van der Waals surface area contributed by atoms with E-state index in [1.165, 1.54) is 18.9 Å². The quantitative estimate of drug-likeness (QED) is 0.213. The smallest absolute Gasteiger partial charge is 0.269 e. The number of carbonyl (C=O) groups excluding carboxylic acids is 1. The predicted molar refractivity (Wildman–Crippen MR) is 119 cm³/mol. The lowest BCUT2D eigenvalue weighted by Crippen LogP contribution is -2.45. The van der Waals surface area contributed by atoms with Gasteiger partial charge in [0.05, 0.1) is 4.92 Å². The molecule has 0 bridgehead atoms. The number of hydrogen-bond acceptors (Lipinski definition) is 4. The van der Waals surface area contributed by atoms with Crippen LogP contribution in [0.4, 0.5) is 5.69 Å².